The van der Waals surface area contributed by atoms with Crippen LogP contribution in [0.2, 0.25) is 0 Å². The number of carbonyl (C=O) groups excluding carboxylic acids is 1. The lowest BCUT2D eigenvalue weighted by Gasteiger charge is -2.37. The molecule has 6 heteroatoms. The largest absolute Gasteiger partial charge is 0.372 e. The van der Waals surface area contributed by atoms with E-state index in [2.05, 4.69) is 40.5 Å². The van der Waals surface area contributed by atoms with E-state index in [9.17, 15) is 4.79 Å². The third kappa shape index (κ3) is 3.29. The number of aryl methyl sites for hydroxylation is 1. The van der Waals surface area contributed by atoms with Gasteiger partial charge in [-0.15, -0.1) is 0 Å². The maximum absolute atomic E-state index is 11.9. The molecule has 6 nitrogen and oxygen atoms in total. The third-order valence-electron chi connectivity index (χ3n) is 6.84. The van der Waals surface area contributed by atoms with Gasteiger partial charge >= 0.3 is 0 Å². The topological polar surface area (TPSA) is 58.6 Å². The Hall–Kier alpha value is -2.73. The molecule has 2 aliphatic heterocycles. The highest BCUT2D eigenvalue weighted by molar-refractivity contribution is 5.87. The van der Waals surface area contributed by atoms with Crippen LogP contribution < -0.4 is 4.90 Å². The molecule has 3 heterocycles. The molecule has 1 saturated heterocycles. The van der Waals surface area contributed by atoms with Crippen molar-refractivity contribution in [1.29, 1.82) is 0 Å². The van der Waals surface area contributed by atoms with E-state index in [1.807, 2.05) is 4.90 Å². The average molecular weight is 405 g/mol. The summed E-state index contributed by atoms with van der Waals surface area (Å²) >= 11 is 0. The van der Waals surface area contributed by atoms with Crippen molar-refractivity contribution in [3.8, 4) is 0 Å². The molecule has 0 spiro atoms. The number of rotatable bonds is 3. The minimum absolute atomic E-state index is 0.0111. The second-order valence-corrected chi connectivity index (χ2v) is 8.51. The van der Waals surface area contributed by atoms with E-state index in [0.717, 1.165) is 51.4 Å². The van der Waals surface area contributed by atoms with E-state index in [0.29, 0.717) is 19.0 Å². The Balaban J connectivity index is 1.38. The van der Waals surface area contributed by atoms with Gasteiger partial charge in [-0.25, -0.2) is 9.97 Å². The van der Waals surface area contributed by atoms with Crippen LogP contribution in [0.4, 0.5) is 5.82 Å². The summed E-state index contributed by atoms with van der Waals surface area (Å²) in [5.41, 5.74) is 8.06. The lowest BCUT2D eigenvalue weighted by atomic mass is 9.78. The third-order valence-corrected chi connectivity index (χ3v) is 6.84. The second kappa shape index (κ2) is 7.84. The van der Waals surface area contributed by atoms with Gasteiger partial charge in [0, 0.05) is 37.4 Å². The number of ether oxygens (including phenoxy) is 1. The van der Waals surface area contributed by atoms with Crippen molar-refractivity contribution in [2.75, 3.05) is 31.1 Å². The summed E-state index contributed by atoms with van der Waals surface area (Å²) in [4.78, 5) is 25.4. The molecular weight excluding hydrogens is 376 g/mol. The first-order chi connectivity index (χ1) is 14.7. The highest BCUT2D eigenvalue weighted by atomic mass is 16.5. The van der Waals surface area contributed by atoms with Crippen molar-refractivity contribution in [3.05, 3.63) is 64.6 Å². The van der Waals surface area contributed by atoms with Crippen LogP contribution in [0.3, 0.4) is 0 Å². The summed E-state index contributed by atoms with van der Waals surface area (Å²) in [6.45, 7) is 10.3. The normalized spacial score (nSPS) is 20.6. The van der Waals surface area contributed by atoms with Crippen LogP contribution in [0.5, 0.6) is 0 Å². The molecule has 1 aromatic heterocycles. The van der Waals surface area contributed by atoms with Crippen LogP contribution >= 0.6 is 0 Å². The Labute approximate surface area is 177 Å². The molecule has 1 atom stereocenters. The molecule has 0 radical (unpaired) electrons. The van der Waals surface area contributed by atoms with Crippen molar-refractivity contribution in [3.63, 3.8) is 0 Å². The van der Waals surface area contributed by atoms with E-state index in [1.54, 1.807) is 6.33 Å². The highest BCUT2D eigenvalue weighted by Crippen LogP contribution is 2.40. The number of carbonyl (C=O) groups is 1. The monoisotopic (exact) mass is 404 g/mol. The Bertz CT molecular complexity index is 995. The summed E-state index contributed by atoms with van der Waals surface area (Å²) in [5, 5.41) is 0. The van der Waals surface area contributed by atoms with Crippen LogP contribution in [0.1, 0.15) is 45.8 Å². The van der Waals surface area contributed by atoms with Gasteiger partial charge in [-0.2, -0.15) is 0 Å². The molecule has 0 N–H and O–H groups in total. The molecular formula is C24H28N4O2. The zero-order chi connectivity index (χ0) is 20.7. The summed E-state index contributed by atoms with van der Waals surface area (Å²) < 4.78 is 5.74. The Morgan fingerprint density at radius 3 is 2.80 bits per heavy atom. The van der Waals surface area contributed by atoms with Gasteiger partial charge in [0.15, 0.2) is 0 Å². The molecule has 0 unspecified atom stereocenters. The smallest absolute Gasteiger partial charge is 0.246 e. The molecule has 30 heavy (non-hydrogen) atoms. The first kappa shape index (κ1) is 19.2. The van der Waals surface area contributed by atoms with Crippen LogP contribution in [0.15, 0.2) is 31.1 Å². The van der Waals surface area contributed by atoms with Crippen LogP contribution in [-0.2, 0) is 35.6 Å². The summed E-state index contributed by atoms with van der Waals surface area (Å²) in [7, 11) is 0. The number of amides is 1. The number of hydrogen-bond donors (Lipinski definition) is 0. The predicted molar refractivity (Wildman–Crippen MR) is 115 cm³/mol. The fraction of sp³-hybridized carbons (Fsp3) is 0.458. The number of piperazine rings is 1. The van der Waals surface area contributed by atoms with E-state index in [-0.39, 0.29) is 5.91 Å². The first-order valence-electron chi connectivity index (χ1n) is 10.8. The molecule has 1 fully saturated rings. The summed E-state index contributed by atoms with van der Waals surface area (Å²) in [6.07, 6.45) is 6.17. The van der Waals surface area contributed by atoms with E-state index >= 15 is 0 Å². The number of hydrogen-bond acceptors (Lipinski definition) is 5. The maximum atomic E-state index is 11.9. The minimum Gasteiger partial charge on any atom is -0.372 e. The van der Waals surface area contributed by atoms with E-state index in [1.165, 1.54) is 39.6 Å². The molecule has 156 valence electrons. The number of nitrogens with zero attached hydrogens (tertiary/aromatic N) is 4. The lowest BCUT2D eigenvalue weighted by molar-refractivity contribution is -0.126. The maximum Gasteiger partial charge on any atom is 0.246 e. The summed E-state index contributed by atoms with van der Waals surface area (Å²) in [6, 6.07) is 4.46. The van der Waals surface area contributed by atoms with E-state index < -0.39 is 0 Å². The van der Waals surface area contributed by atoms with Crippen molar-refractivity contribution in [2.24, 2.45) is 0 Å². The number of aromatic nitrogens is 2. The fourth-order valence-electron chi connectivity index (χ4n) is 5.27. The summed E-state index contributed by atoms with van der Waals surface area (Å²) in [5.74, 6) is 1.55. The second-order valence-electron chi connectivity index (χ2n) is 8.51. The molecule has 5 rings (SSSR count). The van der Waals surface area contributed by atoms with Gasteiger partial charge in [0.25, 0.3) is 0 Å². The molecule has 1 aliphatic carbocycles. The quantitative estimate of drug-likeness (QED) is 0.737. The Morgan fingerprint density at radius 2 is 2.00 bits per heavy atom. The zero-order valence-corrected chi connectivity index (χ0v) is 17.6. The lowest BCUT2D eigenvalue weighted by Crippen LogP contribution is -2.49. The van der Waals surface area contributed by atoms with Gasteiger partial charge < -0.3 is 14.5 Å². The van der Waals surface area contributed by atoms with Gasteiger partial charge in [0.05, 0.1) is 13.2 Å². The molecule has 2 aromatic rings. The Morgan fingerprint density at radius 1 is 1.17 bits per heavy atom. The fourth-order valence-corrected chi connectivity index (χ4v) is 5.27. The van der Waals surface area contributed by atoms with Crippen LogP contribution in [0, 0.1) is 6.92 Å². The van der Waals surface area contributed by atoms with Crippen molar-refractivity contribution < 1.29 is 9.53 Å². The van der Waals surface area contributed by atoms with Crippen LogP contribution in [0.25, 0.3) is 0 Å². The van der Waals surface area contributed by atoms with Gasteiger partial charge in [0.1, 0.15) is 12.1 Å². The average Bonchev–Trinajstić information content (AvgIpc) is 3.26. The number of benzene rings is 1. The van der Waals surface area contributed by atoms with Gasteiger partial charge in [-0.3, -0.25) is 4.79 Å². The van der Waals surface area contributed by atoms with Crippen molar-refractivity contribution >= 4 is 11.7 Å². The van der Waals surface area contributed by atoms with Gasteiger partial charge in [0.2, 0.25) is 5.91 Å². The van der Waals surface area contributed by atoms with Gasteiger partial charge in [-0.05, 0) is 60.4 Å². The van der Waals surface area contributed by atoms with E-state index in [4.69, 9.17) is 4.74 Å². The minimum atomic E-state index is 0.0111. The van der Waals surface area contributed by atoms with Crippen molar-refractivity contribution in [1.82, 2.24) is 14.9 Å². The van der Waals surface area contributed by atoms with Crippen LogP contribution in [-0.4, -0.2) is 47.0 Å². The molecule has 3 aliphatic rings. The number of anilines is 1. The van der Waals surface area contributed by atoms with Crippen molar-refractivity contribution in [2.45, 2.75) is 45.3 Å². The first-order valence-corrected chi connectivity index (χ1v) is 10.8. The SMILES string of the molecule is C=CC(=O)N1CCN(c2ncnc3c2CC[C@@H](c2c(C)ccc4c2COC4)C3)CC1. The predicted octanol–water partition coefficient (Wildman–Crippen LogP) is 2.92. The van der Waals surface area contributed by atoms with Gasteiger partial charge in [-0.1, -0.05) is 18.7 Å². The highest BCUT2D eigenvalue weighted by Gasteiger charge is 2.30. The zero-order valence-electron chi connectivity index (χ0n) is 17.6. The molecule has 0 saturated carbocycles. The molecule has 0 bridgehead atoms. The standard InChI is InChI=1S/C24H28N4O2/c1-3-22(29)27-8-10-28(11-9-27)24-19-7-6-17(12-21(19)25-15-26-24)23-16(2)4-5-18-13-30-14-20(18)23/h3-5,15,17H,1,6-14H2,2H3/t17-/m1/s1. The molecule has 1 aromatic carbocycles. The number of fused-ring (bicyclic) bond motifs is 2. The Kier molecular flexibility index (Phi) is 5.03. The molecule has 1 amide bonds.